The Hall–Kier alpha value is -3.38. The van der Waals surface area contributed by atoms with E-state index in [9.17, 15) is 9.18 Å². The molecule has 4 nitrogen and oxygen atoms in total. The van der Waals surface area contributed by atoms with Crippen LogP contribution in [0.4, 0.5) is 10.1 Å². The number of hydrogen-bond donors (Lipinski definition) is 1. The molecule has 1 amide bonds. The minimum absolute atomic E-state index is 0.112. The van der Waals surface area contributed by atoms with Crippen LogP contribution in [0.2, 0.25) is 0 Å². The van der Waals surface area contributed by atoms with Gasteiger partial charge in [-0.05, 0) is 54.8 Å². The Morgan fingerprint density at radius 1 is 0.938 bits per heavy atom. The molecular weight excluding hydrogens is 473 g/mol. The van der Waals surface area contributed by atoms with E-state index < -0.39 is 11.7 Å². The highest BCUT2D eigenvalue weighted by Gasteiger charge is 2.14. The fourth-order valence-electron chi connectivity index (χ4n) is 3.39. The summed E-state index contributed by atoms with van der Waals surface area (Å²) in [6.07, 6.45) is 0. The van der Waals surface area contributed by atoms with E-state index in [1.165, 1.54) is 12.1 Å². The Kier molecular flexibility index (Phi) is 6.71. The number of amides is 1. The number of fused-ring (bicyclic) bond motifs is 1. The summed E-state index contributed by atoms with van der Waals surface area (Å²) in [4.78, 5) is 12.8. The second-order valence-electron chi connectivity index (χ2n) is 7.10. The molecule has 0 spiro atoms. The highest BCUT2D eigenvalue weighted by atomic mass is 79.9. The van der Waals surface area contributed by atoms with Crippen LogP contribution in [0.25, 0.3) is 10.8 Å². The third-order valence-electron chi connectivity index (χ3n) is 4.93. The number of halogens is 2. The van der Waals surface area contributed by atoms with E-state index in [-0.39, 0.29) is 12.3 Å². The molecule has 6 heteroatoms. The van der Waals surface area contributed by atoms with Crippen LogP contribution < -0.4 is 14.8 Å². The Morgan fingerprint density at radius 3 is 2.56 bits per heavy atom. The van der Waals surface area contributed by atoms with Gasteiger partial charge in [0.2, 0.25) is 0 Å². The molecule has 0 fully saturated rings. The van der Waals surface area contributed by atoms with Gasteiger partial charge in [-0.25, -0.2) is 4.39 Å². The molecule has 0 unspecified atom stereocenters. The van der Waals surface area contributed by atoms with Crippen molar-refractivity contribution in [2.45, 2.75) is 13.5 Å². The van der Waals surface area contributed by atoms with Crippen LogP contribution in [0.3, 0.4) is 0 Å². The van der Waals surface area contributed by atoms with E-state index in [2.05, 4.69) is 21.2 Å². The molecular formula is C26H21BrFNO3. The molecule has 4 rings (SSSR count). The zero-order valence-corrected chi connectivity index (χ0v) is 19.0. The van der Waals surface area contributed by atoms with E-state index in [1.54, 1.807) is 24.3 Å². The highest BCUT2D eigenvalue weighted by molar-refractivity contribution is 9.10. The Morgan fingerprint density at radius 2 is 1.75 bits per heavy atom. The third kappa shape index (κ3) is 4.92. The van der Waals surface area contributed by atoms with Crippen molar-refractivity contribution in [2.75, 3.05) is 11.9 Å². The molecule has 0 saturated carbocycles. The predicted molar refractivity (Wildman–Crippen MR) is 128 cm³/mol. The maximum absolute atomic E-state index is 14.1. The smallest absolute Gasteiger partial charge is 0.255 e. The summed E-state index contributed by atoms with van der Waals surface area (Å²) in [6, 6.07) is 23.4. The zero-order chi connectivity index (χ0) is 22.5. The molecule has 0 atom stereocenters. The first-order chi connectivity index (χ1) is 15.5. The lowest BCUT2D eigenvalue weighted by molar-refractivity contribution is 0.102. The molecule has 0 aliphatic heterocycles. The molecule has 4 aromatic rings. The molecule has 0 saturated heterocycles. The van der Waals surface area contributed by atoms with Gasteiger partial charge in [0.1, 0.15) is 23.9 Å². The van der Waals surface area contributed by atoms with Crippen molar-refractivity contribution in [3.63, 3.8) is 0 Å². The zero-order valence-electron chi connectivity index (χ0n) is 17.4. The topological polar surface area (TPSA) is 47.6 Å². The summed E-state index contributed by atoms with van der Waals surface area (Å²) in [5.74, 6) is 0.454. The number of carbonyl (C=O) groups is 1. The molecule has 0 aliphatic carbocycles. The molecule has 0 aliphatic rings. The number of hydrogen-bond acceptors (Lipinski definition) is 3. The van der Waals surface area contributed by atoms with Crippen LogP contribution in [0.5, 0.6) is 11.5 Å². The normalized spacial score (nSPS) is 10.7. The Bertz CT molecular complexity index is 1270. The van der Waals surface area contributed by atoms with Crippen LogP contribution >= 0.6 is 15.9 Å². The van der Waals surface area contributed by atoms with Gasteiger partial charge < -0.3 is 14.8 Å². The van der Waals surface area contributed by atoms with Crippen molar-refractivity contribution in [3.05, 3.63) is 100 Å². The highest BCUT2D eigenvalue weighted by Crippen LogP contribution is 2.28. The fourth-order valence-corrected chi connectivity index (χ4v) is 3.73. The summed E-state index contributed by atoms with van der Waals surface area (Å²) in [6.45, 7) is 2.60. The molecule has 162 valence electrons. The summed E-state index contributed by atoms with van der Waals surface area (Å²) in [7, 11) is 0. The van der Waals surface area contributed by atoms with E-state index in [0.29, 0.717) is 22.4 Å². The van der Waals surface area contributed by atoms with Crippen LogP contribution in [0.15, 0.2) is 83.3 Å². The number of rotatable bonds is 7. The third-order valence-corrected chi connectivity index (χ3v) is 5.43. The Balaban J connectivity index is 1.58. The van der Waals surface area contributed by atoms with Crippen molar-refractivity contribution < 1.29 is 18.7 Å². The second-order valence-corrected chi connectivity index (χ2v) is 8.02. The van der Waals surface area contributed by atoms with Crippen molar-refractivity contribution in [2.24, 2.45) is 0 Å². The molecule has 32 heavy (non-hydrogen) atoms. The summed E-state index contributed by atoms with van der Waals surface area (Å²) in [5.41, 5.74) is 1.22. The first-order valence-electron chi connectivity index (χ1n) is 10.2. The summed E-state index contributed by atoms with van der Waals surface area (Å²) >= 11 is 3.21. The second kappa shape index (κ2) is 9.83. The van der Waals surface area contributed by atoms with Crippen molar-refractivity contribution in [3.8, 4) is 11.5 Å². The molecule has 1 N–H and O–H groups in total. The summed E-state index contributed by atoms with van der Waals surface area (Å²) < 4.78 is 26.5. The van der Waals surface area contributed by atoms with Crippen LogP contribution in [-0.4, -0.2) is 12.5 Å². The van der Waals surface area contributed by atoms with Gasteiger partial charge in [0.05, 0.1) is 12.3 Å². The molecule has 0 aromatic heterocycles. The predicted octanol–water partition coefficient (Wildman–Crippen LogP) is 6.97. The van der Waals surface area contributed by atoms with E-state index in [0.717, 1.165) is 22.1 Å². The maximum Gasteiger partial charge on any atom is 0.255 e. The molecule has 0 heterocycles. The van der Waals surface area contributed by atoms with Crippen LogP contribution in [0, 0.1) is 5.82 Å². The van der Waals surface area contributed by atoms with E-state index >= 15 is 0 Å². The molecule has 0 radical (unpaired) electrons. The van der Waals surface area contributed by atoms with Crippen LogP contribution in [0.1, 0.15) is 22.8 Å². The van der Waals surface area contributed by atoms with Crippen molar-refractivity contribution >= 4 is 38.3 Å². The van der Waals surface area contributed by atoms with Gasteiger partial charge in [0, 0.05) is 21.0 Å². The minimum Gasteiger partial charge on any atom is -0.493 e. The first-order valence-corrected chi connectivity index (χ1v) is 11.0. The molecule has 0 bridgehead atoms. The fraction of sp³-hybridized carbons (Fsp3) is 0.115. The number of anilines is 1. The summed E-state index contributed by atoms with van der Waals surface area (Å²) in [5, 5.41) is 4.70. The lowest BCUT2D eigenvalue weighted by Gasteiger charge is -2.14. The van der Waals surface area contributed by atoms with Crippen molar-refractivity contribution in [1.29, 1.82) is 0 Å². The Labute approximate surface area is 194 Å². The number of benzene rings is 4. The maximum atomic E-state index is 14.1. The van der Waals surface area contributed by atoms with E-state index in [4.69, 9.17) is 9.47 Å². The monoisotopic (exact) mass is 493 g/mol. The van der Waals surface area contributed by atoms with Gasteiger partial charge >= 0.3 is 0 Å². The SMILES string of the molecule is CCOc1ccc(C(=O)Nc2ccc(Br)cc2F)cc1COc1cccc2ccccc12. The number of carbonyl (C=O) groups excluding carboxylic acids is 1. The number of ether oxygens (including phenoxy) is 2. The molecule has 4 aromatic carbocycles. The van der Waals surface area contributed by atoms with Crippen molar-refractivity contribution in [1.82, 2.24) is 0 Å². The lowest BCUT2D eigenvalue weighted by atomic mass is 10.1. The minimum atomic E-state index is -0.516. The lowest BCUT2D eigenvalue weighted by Crippen LogP contribution is -2.14. The van der Waals surface area contributed by atoms with Gasteiger partial charge in [-0.3, -0.25) is 4.79 Å². The van der Waals surface area contributed by atoms with E-state index in [1.807, 2.05) is 49.4 Å². The van der Waals surface area contributed by atoms with Gasteiger partial charge in [0.25, 0.3) is 5.91 Å². The average Bonchev–Trinajstić information content (AvgIpc) is 2.80. The average molecular weight is 494 g/mol. The van der Waals surface area contributed by atoms with Gasteiger partial charge in [-0.1, -0.05) is 52.3 Å². The standard InChI is InChI=1S/C26H21BrFNO3/c1-2-31-24-13-10-18(26(30)29-23-12-11-20(27)15-22(23)28)14-19(24)16-32-25-9-5-7-17-6-3-4-8-21(17)25/h3-15H,2,16H2,1H3,(H,29,30). The quantitative estimate of drug-likeness (QED) is 0.302. The van der Waals surface area contributed by atoms with Gasteiger partial charge in [-0.15, -0.1) is 0 Å². The number of nitrogens with one attached hydrogen (secondary N) is 1. The largest absolute Gasteiger partial charge is 0.493 e. The first kappa shape index (κ1) is 21.8. The van der Waals surface area contributed by atoms with Crippen LogP contribution in [-0.2, 0) is 6.61 Å². The van der Waals surface area contributed by atoms with Gasteiger partial charge in [-0.2, -0.15) is 0 Å². The van der Waals surface area contributed by atoms with Gasteiger partial charge in [0.15, 0.2) is 0 Å².